The van der Waals surface area contributed by atoms with Crippen LogP contribution in [-0.4, -0.2) is 16.1 Å². The highest BCUT2D eigenvalue weighted by molar-refractivity contribution is 5.72. The van der Waals surface area contributed by atoms with Gasteiger partial charge in [-0.1, -0.05) is 6.08 Å². The third-order valence-corrected chi connectivity index (χ3v) is 1.90. The minimum absolute atomic E-state index is 0.116. The molecule has 1 heterocycles. The zero-order valence-electron chi connectivity index (χ0n) is 7.95. The van der Waals surface area contributed by atoms with Gasteiger partial charge < -0.3 is 0 Å². The first-order valence-electron chi connectivity index (χ1n) is 4.14. The number of carbonyl (C=O) groups excluding carboxylic acids is 1. The van der Waals surface area contributed by atoms with Gasteiger partial charge in [0.1, 0.15) is 5.69 Å². The Bertz CT molecular complexity index is 381. The number of aldehydes is 1. The molecule has 0 fully saturated rings. The monoisotopic (exact) mass is 218 g/mol. The van der Waals surface area contributed by atoms with Crippen molar-refractivity contribution in [2.45, 2.75) is 19.1 Å². The van der Waals surface area contributed by atoms with Crippen LogP contribution in [0.5, 0.6) is 0 Å². The Morgan fingerprint density at radius 3 is 2.60 bits per heavy atom. The quantitative estimate of drug-likeness (QED) is 0.577. The fraction of sp³-hybridized carbons (Fsp3) is 0.333. The molecule has 0 aliphatic carbocycles. The van der Waals surface area contributed by atoms with Crippen molar-refractivity contribution in [2.75, 3.05) is 0 Å². The minimum atomic E-state index is -4.54. The van der Waals surface area contributed by atoms with Crippen LogP contribution < -0.4 is 0 Å². The third kappa shape index (κ3) is 2.26. The van der Waals surface area contributed by atoms with Crippen LogP contribution in [0.15, 0.2) is 18.7 Å². The van der Waals surface area contributed by atoms with Crippen LogP contribution in [0.4, 0.5) is 13.2 Å². The highest BCUT2D eigenvalue weighted by Gasteiger charge is 2.35. The zero-order chi connectivity index (χ0) is 11.6. The molecule has 3 nitrogen and oxygen atoms in total. The number of nitrogens with zero attached hydrogens (tertiary/aromatic N) is 2. The fourth-order valence-electron chi connectivity index (χ4n) is 1.06. The molecule has 82 valence electrons. The Kier molecular flexibility index (Phi) is 2.97. The molecule has 15 heavy (non-hydrogen) atoms. The number of carbonyl (C=O) groups is 1. The molecule has 0 bridgehead atoms. The van der Waals surface area contributed by atoms with Gasteiger partial charge in [-0.15, -0.1) is 6.58 Å². The van der Waals surface area contributed by atoms with Crippen molar-refractivity contribution in [3.05, 3.63) is 30.1 Å². The van der Waals surface area contributed by atoms with Crippen LogP contribution >= 0.6 is 0 Å². The molecule has 0 spiro atoms. The predicted octanol–water partition coefficient (Wildman–Crippen LogP) is 2.46. The highest BCUT2D eigenvalue weighted by Crippen LogP contribution is 2.29. The molecule has 0 N–H and O–H groups in total. The van der Waals surface area contributed by atoms with Crippen molar-refractivity contribution in [1.29, 1.82) is 0 Å². The van der Waals surface area contributed by atoms with E-state index in [0.29, 0.717) is 12.4 Å². The minimum Gasteiger partial charge on any atom is -0.296 e. The molecule has 1 atom stereocenters. The van der Waals surface area contributed by atoms with Gasteiger partial charge in [-0.3, -0.25) is 9.48 Å². The first-order chi connectivity index (χ1) is 6.90. The summed E-state index contributed by atoms with van der Waals surface area (Å²) in [5.74, 6) is 0. The normalized spacial score (nSPS) is 13.6. The summed E-state index contributed by atoms with van der Waals surface area (Å²) in [6.07, 6.45) is -2.80. The lowest BCUT2D eigenvalue weighted by molar-refractivity contribution is -0.141. The van der Waals surface area contributed by atoms with E-state index in [0.717, 1.165) is 4.68 Å². The largest absolute Gasteiger partial charge is 0.435 e. The van der Waals surface area contributed by atoms with Gasteiger partial charge in [0.25, 0.3) is 0 Å². The first-order valence-corrected chi connectivity index (χ1v) is 4.14. The smallest absolute Gasteiger partial charge is 0.296 e. The first kappa shape index (κ1) is 11.5. The van der Waals surface area contributed by atoms with E-state index in [1.54, 1.807) is 6.92 Å². The number of rotatable bonds is 3. The van der Waals surface area contributed by atoms with Gasteiger partial charge in [-0.05, 0) is 13.0 Å². The lowest BCUT2D eigenvalue weighted by atomic mass is 10.3. The van der Waals surface area contributed by atoms with Gasteiger partial charge in [0.05, 0.1) is 6.04 Å². The standard InChI is InChI=1S/C9H9F3N2O/c1-3-6(2)14-7(5-15)4-8(13-14)9(10,11)12/h3-6H,1H2,2H3. The molecule has 0 aliphatic rings. The highest BCUT2D eigenvalue weighted by atomic mass is 19.4. The second kappa shape index (κ2) is 3.88. The molecule has 1 rings (SSSR count). The number of hydrogen-bond donors (Lipinski definition) is 0. The van der Waals surface area contributed by atoms with E-state index in [9.17, 15) is 18.0 Å². The Morgan fingerprint density at radius 1 is 1.60 bits per heavy atom. The maximum absolute atomic E-state index is 12.3. The van der Waals surface area contributed by atoms with Gasteiger partial charge in [-0.25, -0.2) is 0 Å². The topological polar surface area (TPSA) is 34.9 Å². The van der Waals surface area contributed by atoms with Crippen molar-refractivity contribution >= 4 is 6.29 Å². The molecule has 0 radical (unpaired) electrons. The SMILES string of the molecule is C=CC(C)n1nc(C(F)(F)F)cc1C=O. The van der Waals surface area contributed by atoms with Gasteiger partial charge >= 0.3 is 6.18 Å². The van der Waals surface area contributed by atoms with Crippen LogP contribution in [0.2, 0.25) is 0 Å². The van der Waals surface area contributed by atoms with Gasteiger partial charge in [0.15, 0.2) is 12.0 Å². The van der Waals surface area contributed by atoms with Crippen molar-refractivity contribution < 1.29 is 18.0 Å². The maximum atomic E-state index is 12.3. The van der Waals surface area contributed by atoms with Gasteiger partial charge in [0.2, 0.25) is 0 Å². The zero-order valence-corrected chi connectivity index (χ0v) is 7.95. The molecule has 0 aliphatic heterocycles. The Balaban J connectivity index is 3.22. The summed E-state index contributed by atoms with van der Waals surface area (Å²) in [6.45, 7) is 5.02. The Hall–Kier alpha value is -1.59. The number of alkyl halides is 3. The summed E-state index contributed by atoms with van der Waals surface area (Å²) >= 11 is 0. The van der Waals surface area contributed by atoms with Gasteiger partial charge in [-0.2, -0.15) is 18.3 Å². The predicted molar refractivity (Wildman–Crippen MR) is 47.5 cm³/mol. The molecule has 6 heteroatoms. The summed E-state index contributed by atoms with van der Waals surface area (Å²) in [5, 5.41) is 3.31. The Morgan fingerprint density at radius 2 is 2.20 bits per heavy atom. The van der Waals surface area contributed by atoms with E-state index < -0.39 is 17.9 Å². The van der Waals surface area contributed by atoms with E-state index in [1.807, 2.05) is 0 Å². The van der Waals surface area contributed by atoms with E-state index in [1.165, 1.54) is 6.08 Å². The Labute approximate surface area is 84.2 Å². The van der Waals surface area contributed by atoms with E-state index in [2.05, 4.69) is 11.7 Å². The van der Waals surface area contributed by atoms with Crippen molar-refractivity contribution in [1.82, 2.24) is 9.78 Å². The molecule has 1 unspecified atom stereocenters. The van der Waals surface area contributed by atoms with Crippen LogP contribution in [0, 0.1) is 0 Å². The number of hydrogen-bond acceptors (Lipinski definition) is 2. The van der Waals surface area contributed by atoms with Crippen molar-refractivity contribution in [2.24, 2.45) is 0 Å². The average molecular weight is 218 g/mol. The summed E-state index contributed by atoms with van der Waals surface area (Å²) < 4.78 is 37.8. The average Bonchev–Trinajstić information content (AvgIpc) is 2.59. The molecular weight excluding hydrogens is 209 g/mol. The van der Waals surface area contributed by atoms with Crippen LogP contribution in [-0.2, 0) is 6.18 Å². The van der Waals surface area contributed by atoms with Crippen LogP contribution in [0.1, 0.15) is 29.1 Å². The second-order valence-electron chi connectivity index (χ2n) is 2.99. The molecule has 1 aromatic heterocycles. The van der Waals surface area contributed by atoms with Crippen LogP contribution in [0.25, 0.3) is 0 Å². The number of aromatic nitrogens is 2. The molecular formula is C9H9F3N2O. The summed E-state index contributed by atoms with van der Waals surface area (Å²) in [4.78, 5) is 10.5. The maximum Gasteiger partial charge on any atom is 0.435 e. The molecule has 0 saturated carbocycles. The van der Waals surface area contributed by atoms with Crippen molar-refractivity contribution in [3.63, 3.8) is 0 Å². The van der Waals surface area contributed by atoms with E-state index >= 15 is 0 Å². The lowest BCUT2D eigenvalue weighted by Crippen LogP contribution is -2.10. The number of allylic oxidation sites excluding steroid dienone is 1. The molecule has 0 aromatic carbocycles. The third-order valence-electron chi connectivity index (χ3n) is 1.90. The molecule has 1 aromatic rings. The van der Waals surface area contributed by atoms with E-state index in [4.69, 9.17) is 0 Å². The van der Waals surface area contributed by atoms with E-state index in [-0.39, 0.29) is 5.69 Å². The summed E-state index contributed by atoms with van der Waals surface area (Å²) in [6, 6.07) is 0.258. The van der Waals surface area contributed by atoms with Gasteiger partial charge in [0, 0.05) is 0 Å². The fourth-order valence-corrected chi connectivity index (χ4v) is 1.06. The number of halogens is 3. The van der Waals surface area contributed by atoms with Crippen molar-refractivity contribution in [3.8, 4) is 0 Å². The summed E-state index contributed by atoms with van der Waals surface area (Å²) in [5.41, 5.74) is -1.19. The lowest BCUT2D eigenvalue weighted by Gasteiger charge is -2.08. The molecule has 0 saturated heterocycles. The molecule has 0 amide bonds. The second-order valence-corrected chi connectivity index (χ2v) is 2.99. The van der Waals surface area contributed by atoms with Crippen LogP contribution in [0.3, 0.4) is 0 Å². The summed E-state index contributed by atoms with van der Waals surface area (Å²) in [7, 11) is 0.